The summed E-state index contributed by atoms with van der Waals surface area (Å²) in [5.41, 5.74) is 2.87. The van der Waals surface area contributed by atoms with E-state index in [2.05, 4.69) is 22.9 Å². The molecule has 2 fully saturated rings. The van der Waals surface area contributed by atoms with Gasteiger partial charge in [-0.05, 0) is 38.0 Å². The predicted molar refractivity (Wildman–Crippen MR) is 109 cm³/mol. The maximum absolute atomic E-state index is 13.2. The summed E-state index contributed by atoms with van der Waals surface area (Å²) < 4.78 is 7.79. The fraction of sp³-hybridized carbons (Fsp3) is 0.545. The minimum Gasteiger partial charge on any atom is -0.497 e. The van der Waals surface area contributed by atoms with Crippen molar-refractivity contribution in [2.75, 3.05) is 20.2 Å². The van der Waals surface area contributed by atoms with Crippen LogP contribution in [0.25, 0.3) is 10.9 Å². The molecule has 4 rings (SSSR count). The van der Waals surface area contributed by atoms with Gasteiger partial charge in [-0.3, -0.25) is 9.59 Å². The van der Waals surface area contributed by atoms with E-state index in [1.807, 2.05) is 12.1 Å². The van der Waals surface area contributed by atoms with E-state index in [0.717, 1.165) is 40.8 Å². The number of nitrogens with zero attached hydrogens (tertiary/aromatic N) is 2. The average Bonchev–Trinajstić information content (AvgIpc) is 2.95. The van der Waals surface area contributed by atoms with Gasteiger partial charge in [-0.15, -0.1) is 0 Å². The molecule has 2 aliphatic rings. The number of carbonyl (C=O) groups excluding carboxylic acids is 2. The summed E-state index contributed by atoms with van der Waals surface area (Å²) >= 11 is 0. The molecule has 1 saturated carbocycles. The van der Waals surface area contributed by atoms with Crippen molar-refractivity contribution in [1.29, 1.82) is 0 Å². The van der Waals surface area contributed by atoms with Crippen LogP contribution < -0.4 is 10.1 Å². The van der Waals surface area contributed by atoms with Gasteiger partial charge in [-0.2, -0.15) is 0 Å². The van der Waals surface area contributed by atoms with Gasteiger partial charge >= 0.3 is 0 Å². The minimum absolute atomic E-state index is 0.0227. The number of amides is 2. The van der Waals surface area contributed by atoms with Crippen molar-refractivity contribution in [1.82, 2.24) is 14.8 Å². The molecule has 1 aliphatic heterocycles. The largest absolute Gasteiger partial charge is 0.497 e. The molecule has 2 heterocycles. The fourth-order valence-corrected chi connectivity index (χ4v) is 4.73. The Kier molecular flexibility index (Phi) is 5.04. The number of carbonyl (C=O) groups is 2. The summed E-state index contributed by atoms with van der Waals surface area (Å²) in [5, 5.41) is 4.06. The Morgan fingerprint density at radius 2 is 1.86 bits per heavy atom. The predicted octanol–water partition coefficient (Wildman–Crippen LogP) is 3.42. The molecule has 0 unspecified atom stereocenters. The second kappa shape index (κ2) is 7.49. The molecule has 150 valence electrons. The number of hydrogen-bond donors (Lipinski definition) is 1. The second-order valence-corrected chi connectivity index (χ2v) is 8.10. The zero-order valence-corrected chi connectivity index (χ0v) is 17.0. The summed E-state index contributed by atoms with van der Waals surface area (Å²) in [4.78, 5) is 26.3. The first-order valence-electron chi connectivity index (χ1n) is 10.2. The molecule has 0 spiro atoms. The highest BCUT2D eigenvalue weighted by molar-refractivity contribution is 6.09. The number of fused-ring (bicyclic) bond motifs is 1. The van der Waals surface area contributed by atoms with Crippen LogP contribution >= 0.6 is 0 Å². The highest BCUT2D eigenvalue weighted by atomic mass is 16.5. The Hall–Kier alpha value is -2.50. The molecule has 6 nitrogen and oxygen atoms in total. The van der Waals surface area contributed by atoms with E-state index in [1.165, 1.54) is 19.3 Å². The van der Waals surface area contributed by atoms with Crippen molar-refractivity contribution in [2.45, 2.75) is 58.0 Å². The van der Waals surface area contributed by atoms with Crippen LogP contribution in [-0.4, -0.2) is 47.5 Å². The number of methoxy groups -OCH3 is 1. The van der Waals surface area contributed by atoms with Crippen molar-refractivity contribution in [3.63, 3.8) is 0 Å². The third-order valence-corrected chi connectivity index (χ3v) is 6.28. The monoisotopic (exact) mass is 383 g/mol. The van der Waals surface area contributed by atoms with Gasteiger partial charge in [-0.1, -0.05) is 19.3 Å². The zero-order chi connectivity index (χ0) is 19.8. The molecule has 1 aromatic heterocycles. The summed E-state index contributed by atoms with van der Waals surface area (Å²) in [6.07, 6.45) is 6.10. The maximum atomic E-state index is 13.2. The van der Waals surface area contributed by atoms with Crippen LogP contribution in [0.4, 0.5) is 0 Å². The molecule has 0 bridgehead atoms. The van der Waals surface area contributed by atoms with Gasteiger partial charge in [0.1, 0.15) is 5.75 Å². The third-order valence-electron chi connectivity index (χ3n) is 6.28. The molecule has 1 saturated heterocycles. The molecule has 0 atom stereocenters. The van der Waals surface area contributed by atoms with Gasteiger partial charge in [0.05, 0.1) is 18.7 Å². The Bertz CT molecular complexity index is 905. The SMILES string of the molecule is COc1ccc2c(c1)c(C(=O)NC1CN(C(C)=O)C1)c(C)n2C1CCCCC1. The van der Waals surface area contributed by atoms with Crippen LogP contribution in [0.1, 0.15) is 61.1 Å². The van der Waals surface area contributed by atoms with Gasteiger partial charge in [0.2, 0.25) is 5.91 Å². The van der Waals surface area contributed by atoms with Crippen molar-refractivity contribution in [3.05, 3.63) is 29.5 Å². The Morgan fingerprint density at radius 3 is 2.50 bits per heavy atom. The average molecular weight is 383 g/mol. The zero-order valence-electron chi connectivity index (χ0n) is 17.0. The molecule has 1 aliphatic carbocycles. The molecule has 6 heteroatoms. The first-order valence-corrected chi connectivity index (χ1v) is 10.2. The molecular weight excluding hydrogens is 354 g/mol. The summed E-state index contributed by atoms with van der Waals surface area (Å²) in [6.45, 7) is 4.79. The van der Waals surface area contributed by atoms with Crippen LogP contribution in [0.3, 0.4) is 0 Å². The second-order valence-electron chi connectivity index (χ2n) is 8.10. The molecule has 0 radical (unpaired) electrons. The summed E-state index contributed by atoms with van der Waals surface area (Å²) in [7, 11) is 1.65. The minimum atomic E-state index is -0.0569. The number of aromatic nitrogens is 1. The van der Waals surface area contributed by atoms with Gasteiger partial charge in [-0.25, -0.2) is 0 Å². The normalized spacial score (nSPS) is 18.2. The first-order chi connectivity index (χ1) is 13.5. The van der Waals surface area contributed by atoms with Crippen LogP contribution in [0.2, 0.25) is 0 Å². The molecule has 2 aromatic rings. The van der Waals surface area contributed by atoms with E-state index in [4.69, 9.17) is 4.74 Å². The number of likely N-dealkylation sites (tertiary alicyclic amines) is 1. The first kappa shape index (κ1) is 18.8. The quantitative estimate of drug-likeness (QED) is 0.880. The van der Waals surface area contributed by atoms with Crippen LogP contribution in [0, 0.1) is 6.92 Å². The topological polar surface area (TPSA) is 63.6 Å². The highest BCUT2D eigenvalue weighted by Gasteiger charge is 2.32. The number of rotatable bonds is 4. The van der Waals surface area contributed by atoms with Gasteiger partial charge in [0, 0.05) is 42.7 Å². The highest BCUT2D eigenvalue weighted by Crippen LogP contribution is 2.37. The molecular formula is C22H29N3O3. The number of nitrogens with one attached hydrogen (secondary N) is 1. The number of hydrogen-bond acceptors (Lipinski definition) is 3. The lowest BCUT2D eigenvalue weighted by molar-refractivity contribution is -0.133. The molecule has 1 aromatic carbocycles. The lowest BCUT2D eigenvalue weighted by atomic mass is 9.95. The van der Waals surface area contributed by atoms with Gasteiger partial charge < -0.3 is 19.5 Å². The Morgan fingerprint density at radius 1 is 1.14 bits per heavy atom. The summed E-state index contributed by atoms with van der Waals surface area (Å²) in [6, 6.07) is 6.49. The van der Waals surface area contributed by atoms with E-state index >= 15 is 0 Å². The van der Waals surface area contributed by atoms with E-state index in [-0.39, 0.29) is 17.9 Å². The van der Waals surface area contributed by atoms with E-state index in [0.29, 0.717) is 19.1 Å². The summed E-state index contributed by atoms with van der Waals surface area (Å²) in [5.74, 6) is 0.757. The molecule has 1 N–H and O–H groups in total. The van der Waals surface area contributed by atoms with Crippen LogP contribution in [0.5, 0.6) is 5.75 Å². The number of benzene rings is 1. The third kappa shape index (κ3) is 3.25. The molecule has 28 heavy (non-hydrogen) atoms. The van der Waals surface area contributed by atoms with Crippen molar-refractivity contribution in [2.24, 2.45) is 0 Å². The molecule has 2 amide bonds. The van der Waals surface area contributed by atoms with Gasteiger partial charge in [0.25, 0.3) is 5.91 Å². The van der Waals surface area contributed by atoms with E-state index < -0.39 is 0 Å². The van der Waals surface area contributed by atoms with Crippen molar-refractivity contribution >= 4 is 22.7 Å². The fourth-order valence-electron chi connectivity index (χ4n) is 4.73. The van der Waals surface area contributed by atoms with Crippen molar-refractivity contribution in [3.8, 4) is 5.75 Å². The van der Waals surface area contributed by atoms with Crippen LogP contribution in [0.15, 0.2) is 18.2 Å². The lowest BCUT2D eigenvalue weighted by Gasteiger charge is -2.38. The van der Waals surface area contributed by atoms with E-state index in [1.54, 1.807) is 18.9 Å². The lowest BCUT2D eigenvalue weighted by Crippen LogP contribution is -2.60. The van der Waals surface area contributed by atoms with Gasteiger partial charge in [0.15, 0.2) is 0 Å². The Labute approximate surface area is 165 Å². The smallest absolute Gasteiger partial charge is 0.254 e. The van der Waals surface area contributed by atoms with Crippen molar-refractivity contribution < 1.29 is 14.3 Å². The maximum Gasteiger partial charge on any atom is 0.254 e. The standard InChI is InChI=1S/C22H29N3O3/c1-14-21(22(27)23-16-12-24(13-16)15(2)26)19-11-18(28-3)9-10-20(19)25(14)17-7-5-4-6-8-17/h9-11,16-17H,4-8,12-13H2,1-3H3,(H,23,27). The van der Waals surface area contributed by atoms with E-state index in [9.17, 15) is 9.59 Å². The Balaban J connectivity index is 1.69. The number of ether oxygens (including phenoxy) is 1. The van der Waals surface area contributed by atoms with Crippen LogP contribution in [-0.2, 0) is 4.79 Å².